The van der Waals surface area contributed by atoms with E-state index in [-0.39, 0.29) is 12.5 Å². The number of hydrogen-bond acceptors (Lipinski definition) is 4. The molecule has 2 aromatic rings. The third-order valence-corrected chi connectivity index (χ3v) is 3.24. The molecule has 5 heteroatoms. The normalized spacial score (nSPS) is 10.2. The third kappa shape index (κ3) is 5.93. The molecule has 0 bridgehead atoms. The number of amides is 1. The van der Waals surface area contributed by atoms with Crippen molar-refractivity contribution in [2.75, 3.05) is 31.7 Å². The fraction of sp³-hybridized carbons (Fsp3) is 0.316. The topological polar surface area (TPSA) is 56.8 Å². The summed E-state index contributed by atoms with van der Waals surface area (Å²) in [5, 5.41) is 2.80. The van der Waals surface area contributed by atoms with Crippen molar-refractivity contribution in [3.05, 3.63) is 54.1 Å². The summed E-state index contributed by atoms with van der Waals surface area (Å²) in [6, 6.07) is 14.9. The summed E-state index contributed by atoms with van der Waals surface area (Å²) in [4.78, 5) is 12.1. The predicted molar refractivity (Wildman–Crippen MR) is 93.7 cm³/mol. The van der Waals surface area contributed by atoms with Crippen molar-refractivity contribution in [1.29, 1.82) is 0 Å². The van der Waals surface area contributed by atoms with Crippen molar-refractivity contribution in [2.45, 2.75) is 13.8 Å². The van der Waals surface area contributed by atoms with Crippen LogP contribution < -0.4 is 14.8 Å². The Hall–Kier alpha value is -2.53. The van der Waals surface area contributed by atoms with E-state index in [2.05, 4.69) is 5.32 Å². The Kier molecular flexibility index (Phi) is 7.11. The lowest BCUT2D eigenvalue weighted by atomic mass is 10.2. The Balaban J connectivity index is 1.85. The van der Waals surface area contributed by atoms with Crippen LogP contribution >= 0.6 is 0 Å². The van der Waals surface area contributed by atoms with Gasteiger partial charge >= 0.3 is 0 Å². The van der Waals surface area contributed by atoms with Crippen LogP contribution in [-0.4, -0.2) is 32.3 Å². The lowest BCUT2D eigenvalue weighted by Crippen LogP contribution is -2.20. The Morgan fingerprint density at radius 1 is 1.00 bits per heavy atom. The quantitative estimate of drug-likeness (QED) is 0.716. The molecule has 0 atom stereocenters. The molecule has 5 nitrogen and oxygen atoms in total. The van der Waals surface area contributed by atoms with Crippen LogP contribution in [0, 0.1) is 6.92 Å². The third-order valence-electron chi connectivity index (χ3n) is 3.24. The molecule has 0 fully saturated rings. The summed E-state index contributed by atoms with van der Waals surface area (Å²) in [6.07, 6.45) is 0. The van der Waals surface area contributed by atoms with Crippen molar-refractivity contribution in [3.8, 4) is 11.5 Å². The minimum Gasteiger partial charge on any atom is -0.489 e. The molecule has 0 aromatic heterocycles. The first-order valence-corrected chi connectivity index (χ1v) is 7.98. The van der Waals surface area contributed by atoms with Crippen molar-refractivity contribution in [3.63, 3.8) is 0 Å². The first-order chi connectivity index (χ1) is 11.7. The zero-order valence-electron chi connectivity index (χ0n) is 14.1. The van der Waals surface area contributed by atoms with Gasteiger partial charge in [0, 0.05) is 6.61 Å². The fourth-order valence-electron chi connectivity index (χ4n) is 2.02. The molecule has 1 N–H and O–H groups in total. The van der Waals surface area contributed by atoms with E-state index in [4.69, 9.17) is 14.2 Å². The molecule has 0 aliphatic rings. The molecule has 24 heavy (non-hydrogen) atoms. The maximum Gasteiger partial charge on any atom is 0.262 e. The molecule has 128 valence electrons. The molecular weight excluding hydrogens is 306 g/mol. The van der Waals surface area contributed by atoms with Crippen LogP contribution in [0.15, 0.2) is 48.5 Å². The number of aryl methyl sites for hydroxylation is 1. The predicted octanol–water partition coefficient (Wildman–Crippen LogP) is 3.43. The first kappa shape index (κ1) is 17.8. The van der Waals surface area contributed by atoms with Gasteiger partial charge in [-0.25, -0.2) is 0 Å². The van der Waals surface area contributed by atoms with Gasteiger partial charge in [-0.3, -0.25) is 4.79 Å². The van der Waals surface area contributed by atoms with Gasteiger partial charge in [0.25, 0.3) is 5.91 Å². The smallest absolute Gasteiger partial charge is 0.262 e. The number of para-hydroxylation sites is 2. The van der Waals surface area contributed by atoms with Gasteiger partial charge < -0.3 is 19.5 Å². The van der Waals surface area contributed by atoms with Crippen molar-refractivity contribution < 1.29 is 19.0 Å². The maximum absolute atomic E-state index is 12.1. The molecule has 2 aromatic carbocycles. The average Bonchev–Trinajstić information content (AvgIpc) is 2.59. The largest absolute Gasteiger partial charge is 0.489 e. The van der Waals surface area contributed by atoms with Crippen LogP contribution in [0.2, 0.25) is 0 Å². The maximum atomic E-state index is 12.1. The van der Waals surface area contributed by atoms with E-state index >= 15 is 0 Å². The summed E-state index contributed by atoms with van der Waals surface area (Å²) < 4.78 is 16.4. The van der Waals surface area contributed by atoms with E-state index in [1.807, 2.05) is 56.3 Å². The first-order valence-electron chi connectivity index (χ1n) is 7.98. The Morgan fingerprint density at radius 3 is 2.50 bits per heavy atom. The standard InChI is InChI=1S/C19H23NO4/c1-3-22-12-13-23-18-7-5-4-6-17(18)20-19(21)14-24-16-10-8-15(2)9-11-16/h4-11H,3,12-14H2,1-2H3,(H,20,21). The van der Waals surface area contributed by atoms with Gasteiger partial charge in [-0.15, -0.1) is 0 Å². The zero-order chi connectivity index (χ0) is 17.2. The number of benzene rings is 2. The number of rotatable bonds is 9. The highest BCUT2D eigenvalue weighted by Gasteiger charge is 2.08. The van der Waals surface area contributed by atoms with Crippen LogP contribution in [0.1, 0.15) is 12.5 Å². The van der Waals surface area contributed by atoms with Gasteiger partial charge in [-0.2, -0.15) is 0 Å². The van der Waals surface area contributed by atoms with Gasteiger partial charge in [-0.05, 0) is 38.1 Å². The summed E-state index contributed by atoms with van der Waals surface area (Å²) in [5.74, 6) is 1.04. The number of hydrogen-bond donors (Lipinski definition) is 1. The minimum atomic E-state index is -0.239. The molecule has 0 aliphatic carbocycles. The second-order valence-corrected chi connectivity index (χ2v) is 5.19. The molecule has 0 radical (unpaired) electrons. The number of carbonyl (C=O) groups excluding carboxylic acids is 1. The number of anilines is 1. The van der Waals surface area contributed by atoms with Crippen LogP contribution in [0.4, 0.5) is 5.69 Å². The van der Waals surface area contributed by atoms with Gasteiger partial charge in [0.1, 0.15) is 18.1 Å². The molecule has 0 saturated heterocycles. The molecule has 0 spiro atoms. The highest BCUT2D eigenvalue weighted by Crippen LogP contribution is 2.23. The SMILES string of the molecule is CCOCCOc1ccccc1NC(=O)COc1ccc(C)cc1. The highest BCUT2D eigenvalue weighted by molar-refractivity contribution is 5.93. The summed E-state index contributed by atoms with van der Waals surface area (Å²) >= 11 is 0. The Bertz CT molecular complexity index is 640. The number of nitrogens with one attached hydrogen (secondary N) is 1. The van der Waals surface area contributed by atoms with Crippen molar-refractivity contribution in [1.82, 2.24) is 0 Å². The van der Waals surface area contributed by atoms with E-state index in [9.17, 15) is 4.79 Å². The van der Waals surface area contributed by atoms with Crippen LogP contribution in [0.3, 0.4) is 0 Å². The Labute approximate surface area is 142 Å². The van der Waals surface area contributed by atoms with Crippen molar-refractivity contribution in [2.24, 2.45) is 0 Å². The molecule has 0 heterocycles. The summed E-state index contributed by atoms with van der Waals surface area (Å²) in [7, 11) is 0. The van der Waals surface area contributed by atoms with E-state index in [0.29, 0.717) is 37.0 Å². The van der Waals surface area contributed by atoms with E-state index < -0.39 is 0 Å². The fourth-order valence-corrected chi connectivity index (χ4v) is 2.02. The molecule has 0 unspecified atom stereocenters. The van der Waals surface area contributed by atoms with Crippen molar-refractivity contribution >= 4 is 11.6 Å². The van der Waals surface area contributed by atoms with Gasteiger partial charge in [0.05, 0.1) is 12.3 Å². The Morgan fingerprint density at radius 2 is 1.75 bits per heavy atom. The van der Waals surface area contributed by atoms with Crippen LogP contribution in [0.5, 0.6) is 11.5 Å². The monoisotopic (exact) mass is 329 g/mol. The van der Waals surface area contributed by atoms with Gasteiger partial charge in [0.15, 0.2) is 6.61 Å². The summed E-state index contributed by atoms with van der Waals surface area (Å²) in [6.45, 7) is 5.46. The average molecular weight is 329 g/mol. The lowest BCUT2D eigenvalue weighted by molar-refractivity contribution is -0.118. The molecule has 2 rings (SSSR count). The van der Waals surface area contributed by atoms with E-state index in [1.165, 1.54) is 0 Å². The number of ether oxygens (including phenoxy) is 3. The molecule has 1 amide bonds. The molecule has 0 saturated carbocycles. The highest BCUT2D eigenvalue weighted by atomic mass is 16.5. The van der Waals surface area contributed by atoms with Crippen LogP contribution in [0.25, 0.3) is 0 Å². The second kappa shape index (κ2) is 9.57. The number of carbonyl (C=O) groups is 1. The second-order valence-electron chi connectivity index (χ2n) is 5.19. The minimum absolute atomic E-state index is 0.0592. The van der Waals surface area contributed by atoms with Gasteiger partial charge in [0.2, 0.25) is 0 Å². The molecule has 0 aliphatic heterocycles. The lowest BCUT2D eigenvalue weighted by Gasteiger charge is -2.13. The van der Waals surface area contributed by atoms with Crippen LogP contribution in [-0.2, 0) is 9.53 Å². The van der Waals surface area contributed by atoms with Gasteiger partial charge in [-0.1, -0.05) is 29.8 Å². The van der Waals surface area contributed by atoms with E-state index in [0.717, 1.165) is 5.56 Å². The van der Waals surface area contributed by atoms with E-state index in [1.54, 1.807) is 6.07 Å². The molecular formula is C19H23NO4. The zero-order valence-corrected chi connectivity index (χ0v) is 14.1. The summed E-state index contributed by atoms with van der Waals surface area (Å²) in [5.41, 5.74) is 1.76.